The van der Waals surface area contributed by atoms with Gasteiger partial charge in [-0.2, -0.15) is 0 Å². The number of para-hydroxylation sites is 1. The zero-order valence-electron chi connectivity index (χ0n) is 9.52. The monoisotopic (exact) mass is 211 g/mol. The highest BCUT2D eigenvalue weighted by Crippen LogP contribution is 2.31. The lowest BCUT2D eigenvalue weighted by atomic mass is 9.99. The summed E-state index contributed by atoms with van der Waals surface area (Å²) in [5, 5.41) is 0. The molecule has 0 radical (unpaired) electrons. The Morgan fingerprint density at radius 2 is 2.00 bits per heavy atom. The predicted octanol–water partition coefficient (Wildman–Crippen LogP) is 3.67. The van der Waals surface area contributed by atoms with Crippen LogP contribution in [-0.2, 0) is 6.42 Å². The molecule has 1 aromatic rings. The van der Waals surface area contributed by atoms with Gasteiger partial charge >= 0.3 is 0 Å². The van der Waals surface area contributed by atoms with Crippen molar-refractivity contribution in [3.8, 4) is 0 Å². The van der Waals surface area contributed by atoms with Crippen molar-refractivity contribution in [2.45, 2.75) is 25.7 Å². The quantitative estimate of drug-likeness (QED) is 0.685. The first-order valence-corrected chi connectivity index (χ1v) is 6.16. The lowest BCUT2D eigenvalue weighted by Crippen LogP contribution is -2.28. The molecule has 0 bridgehead atoms. The summed E-state index contributed by atoms with van der Waals surface area (Å²) in [7, 11) is 0. The Hall–Kier alpha value is -1.50. The van der Waals surface area contributed by atoms with Crippen molar-refractivity contribution < 1.29 is 0 Å². The molecule has 0 saturated carbocycles. The summed E-state index contributed by atoms with van der Waals surface area (Å²) in [6, 6.07) is 8.82. The third-order valence-corrected chi connectivity index (χ3v) is 3.45. The first kappa shape index (κ1) is 9.71. The Morgan fingerprint density at radius 3 is 2.88 bits per heavy atom. The number of fused-ring (bicyclic) bond motifs is 1. The molecule has 82 valence electrons. The van der Waals surface area contributed by atoms with E-state index in [-0.39, 0.29) is 0 Å². The van der Waals surface area contributed by atoms with Crippen LogP contribution in [0.4, 0.5) is 5.69 Å². The molecule has 1 nitrogen and oxygen atoms in total. The molecule has 0 N–H and O–H groups in total. The van der Waals surface area contributed by atoms with Gasteiger partial charge in [-0.25, -0.2) is 0 Å². The van der Waals surface area contributed by atoms with Crippen LogP contribution in [0, 0.1) is 0 Å². The van der Waals surface area contributed by atoms with Gasteiger partial charge in [0.1, 0.15) is 0 Å². The summed E-state index contributed by atoms with van der Waals surface area (Å²) in [6.07, 6.45) is 11.6. The van der Waals surface area contributed by atoms with Gasteiger partial charge in [0.05, 0.1) is 0 Å². The van der Waals surface area contributed by atoms with E-state index in [4.69, 9.17) is 0 Å². The average molecular weight is 211 g/mol. The second kappa shape index (κ2) is 4.17. The molecule has 1 aliphatic heterocycles. The number of hydrogen-bond donors (Lipinski definition) is 0. The summed E-state index contributed by atoms with van der Waals surface area (Å²) in [5.41, 5.74) is 4.41. The molecule has 0 atom stereocenters. The number of aryl methyl sites for hydroxylation is 1. The van der Waals surface area contributed by atoms with Crippen molar-refractivity contribution in [3.05, 3.63) is 53.8 Å². The van der Waals surface area contributed by atoms with Gasteiger partial charge in [-0.3, -0.25) is 0 Å². The summed E-state index contributed by atoms with van der Waals surface area (Å²) >= 11 is 0. The molecule has 0 unspecified atom stereocenters. The van der Waals surface area contributed by atoms with Crippen LogP contribution >= 0.6 is 0 Å². The molecule has 0 fully saturated rings. The molecule has 3 rings (SSSR count). The molecule has 1 heteroatoms. The van der Waals surface area contributed by atoms with Crippen LogP contribution in [0.2, 0.25) is 0 Å². The van der Waals surface area contributed by atoms with Gasteiger partial charge in [0.25, 0.3) is 0 Å². The highest BCUT2D eigenvalue weighted by Gasteiger charge is 2.19. The fraction of sp³-hybridized carbons (Fsp3) is 0.333. The number of allylic oxidation sites excluding steroid dienone is 4. The zero-order valence-corrected chi connectivity index (χ0v) is 9.52. The topological polar surface area (TPSA) is 3.24 Å². The van der Waals surface area contributed by atoms with Gasteiger partial charge in [0.2, 0.25) is 0 Å². The van der Waals surface area contributed by atoms with Crippen LogP contribution in [0.25, 0.3) is 0 Å². The van der Waals surface area contributed by atoms with Crippen LogP contribution in [0.5, 0.6) is 0 Å². The van der Waals surface area contributed by atoms with Gasteiger partial charge in [-0.1, -0.05) is 30.4 Å². The van der Waals surface area contributed by atoms with Gasteiger partial charge in [0, 0.05) is 17.9 Å². The predicted molar refractivity (Wildman–Crippen MR) is 68.6 cm³/mol. The smallest absolute Gasteiger partial charge is 0.0440 e. The summed E-state index contributed by atoms with van der Waals surface area (Å²) in [4.78, 5) is 2.50. The highest BCUT2D eigenvalue weighted by molar-refractivity contribution is 5.60. The fourth-order valence-corrected chi connectivity index (χ4v) is 2.65. The SMILES string of the molecule is C1=CCCC(N2CCCc3ccccc32)=C1. The molecule has 0 aromatic heterocycles. The molecular weight excluding hydrogens is 194 g/mol. The lowest BCUT2D eigenvalue weighted by molar-refractivity contribution is 0.719. The summed E-state index contributed by atoms with van der Waals surface area (Å²) in [5.74, 6) is 0. The fourth-order valence-electron chi connectivity index (χ4n) is 2.65. The van der Waals surface area contributed by atoms with E-state index >= 15 is 0 Å². The average Bonchev–Trinajstić information content (AvgIpc) is 2.39. The summed E-state index contributed by atoms with van der Waals surface area (Å²) in [6.45, 7) is 1.18. The van der Waals surface area contributed by atoms with Crippen LogP contribution in [0.1, 0.15) is 24.8 Å². The Bertz CT molecular complexity index is 443. The van der Waals surface area contributed by atoms with Gasteiger partial charge < -0.3 is 4.90 Å². The van der Waals surface area contributed by atoms with Crippen LogP contribution < -0.4 is 4.90 Å². The number of rotatable bonds is 1. The van der Waals surface area contributed by atoms with Crippen molar-refractivity contribution in [1.29, 1.82) is 0 Å². The Kier molecular flexibility index (Phi) is 2.53. The minimum Gasteiger partial charge on any atom is -0.345 e. The van der Waals surface area contributed by atoms with E-state index in [9.17, 15) is 0 Å². The zero-order chi connectivity index (χ0) is 10.8. The first-order chi connectivity index (χ1) is 7.95. The van der Waals surface area contributed by atoms with Crippen molar-refractivity contribution in [3.63, 3.8) is 0 Å². The molecule has 0 saturated heterocycles. The number of anilines is 1. The van der Waals surface area contributed by atoms with Crippen molar-refractivity contribution in [1.82, 2.24) is 0 Å². The lowest BCUT2D eigenvalue weighted by Gasteiger charge is -2.33. The maximum absolute atomic E-state index is 2.50. The van der Waals surface area contributed by atoms with E-state index in [1.807, 2.05) is 0 Å². The molecular formula is C15H17N. The van der Waals surface area contributed by atoms with Gasteiger partial charge in [-0.15, -0.1) is 0 Å². The maximum atomic E-state index is 2.50. The van der Waals surface area contributed by atoms with Crippen LogP contribution in [0.15, 0.2) is 48.2 Å². The number of hydrogen-bond acceptors (Lipinski definition) is 1. The number of benzene rings is 1. The van der Waals surface area contributed by atoms with Gasteiger partial charge in [-0.05, 0) is 43.4 Å². The van der Waals surface area contributed by atoms with E-state index in [0.717, 1.165) is 0 Å². The molecule has 1 aliphatic carbocycles. The maximum Gasteiger partial charge on any atom is 0.0440 e. The number of nitrogens with zero attached hydrogens (tertiary/aromatic N) is 1. The van der Waals surface area contributed by atoms with Crippen LogP contribution in [-0.4, -0.2) is 6.54 Å². The second-order valence-electron chi connectivity index (χ2n) is 4.51. The van der Waals surface area contributed by atoms with Crippen molar-refractivity contribution in [2.75, 3.05) is 11.4 Å². The third-order valence-electron chi connectivity index (χ3n) is 3.45. The third kappa shape index (κ3) is 1.67. The Balaban J connectivity index is 1.98. The van der Waals surface area contributed by atoms with E-state index in [2.05, 4.69) is 47.4 Å². The molecule has 2 aliphatic rings. The molecule has 0 spiro atoms. The second-order valence-corrected chi connectivity index (χ2v) is 4.51. The summed E-state index contributed by atoms with van der Waals surface area (Å²) < 4.78 is 0. The van der Waals surface area contributed by atoms with E-state index in [1.165, 1.54) is 49.2 Å². The van der Waals surface area contributed by atoms with Crippen molar-refractivity contribution in [2.24, 2.45) is 0 Å². The normalized spacial score (nSPS) is 19.2. The van der Waals surface area contributed by atoms with Crippen LogP contribution in [0.3, 0.4) is 0 Å². The minimum atomic E-state index is 1.18. The standard InChI is InChI=1S/C15H17N/c1-2-9-14(10-3-1)16-12-6-8-13-7-4-5-11-15(13)16/h1-2,4-5,7,9,11H,3,6,8,10,12H2. The van der Waals surface area contributed by atoms with Crippen molar-refractivity contribution >= 4 is 5.69 Å². The largest absolute Gasteiger partial charge is 0.345 e. The Labute approximate surface area is 97.1 Å². The first-order valence-electron chi connectivity index (χ1n) is 6.16. The molecule has 1 aromatic carbocycles. The molecule has 16 heavy (non-hydrogen) atoms. The Morgan fingerprint density at radius 1 is 1.06 bits per heavy atom. The van der Waals surface area contributed by atoms with E-state index < -0.39 is 0 Å². The van der Waals surface area contributed by atoms with E-state index in [1.54, 1.807) is 0 Å². The van der Waals surface area contributed by atoms with Gasteiger partial charge in [0.15, 0.2) is 0 Å². The molecule has 1 heterocycles. The minimum absolute atomic E-state index is 1.18. The van der Waals surface area contributed by atoms with E-state index in [0.29, 0.717) is 0 Å². The molecule has 0 amide bonds. The highest BCUT2D eigenvalue weighted by atomic mass is 15.1.